The summed E-state index contributed by atoms with van der Waals surface area (Å²) in [4.78, 5) is 2.52. The average molecular weight is 330 g/mol. The summed E-state index contributed by atoms with van der Waals surface area (Å²) in [5.74, 6) is 2.67. The van der Waals surface area contributed by atoms with E-state index in [2.05, 4.69) is 56.7 Å². The Morgan fingerprint density at radius 1 is 1.24 bits per heavy atom. The van der Waals surface area contributed by atoms with Gasteiger partial charge in [0.2, 0.25) is 0 Å². The van der Waals surface area contributed by atoms with Crippen LogP contribution < -0.4 is 5.32 Å². The molecule has 0 aliphatic carbocycles. The minimum atomic E-state index is 0.475. The molecule has 1 aliphatic rings. The highest BCUT2D eigenvalue weighted by atomic mass is 15.2. The summed E-state index contributed by atoms with van der Waals surface area (Å²) in [5.41, 5.74) is 4.50. The van der Waals surface area contributed by atoms with Gasteiger partial charge in [-0.05, 0) is 55.3 Å². The number of terminal acetylenes is 1. The maximum Gasteiger partial charge on any atom is 0.0651 e. The summed E-state index contributed by atoms with van der Waals surface area (Å²) >= 11 is 0. The molecule has 0 amide bonds. The fourth-order valence-electron chi connectivity index (χ4n) is 3.55. The van der Waals surface area contributed by atoms with Crippen LogP contribution in [0.5, 0.6) is 0 Å². The quantitative estimate of drug-likeness (QED) is 0.718. The number of fused-ring (bicyclic) bond motifs is 1. The van der Waals surface area contributed by atoms with E-state index in [-0.39, 0.29) is 0 Å². The predicted molar refractivity (Wildman–Crippen MR) is 102 cm³/mol. The number of aromatic amines is 1. The molecule has 4 heteroatoms. The van der Waals surface area contributed by atoms with Crippen molar-refractivity contribution in [3.8, 4) is 12.3 Å². The van der Waals surface area contributed by atoms with E-state index in [0.717, 1.165) is 36.1 Å². The summed E-state index contributed by atoms with van der Waals surface area (Å²) in [7, 11) is 0. The van der Waals surface area contributed by atoms with Gasteiger partial charge in [-0.25, -0.2) is 0 Å². The van der Waals surface area contributed by atoms with E-state index in [9.17, 15) is 0 Å². The zero-order chi connectivity index (χ0) is 17.1. The zero-order valence-electron chi connectivity index (χ0n) is 14.2. The van der Waals surface area contributed by atoms with E-state index in [0.29, 0.717) is 6.04 Å². The summed E-state index contributed by atoms with van der Waals surface area (Å²) < 4.78 is 0. The van der Waals surface area contributed by atoms with Gasteiger partial charge in [-0.2, -0.15) is 5.10 Å². The number of aromatic nitrogens is 2. The molecule has 1 aromatic heterocycles. The Balaban J connectivity index is 1.39. The standard InChI is InChI=1S/C21H22N4/c1-2-16-5-7-17(8-6-16)14-25-11-3-4-20(15-25)23-19-9-10-21-18(12-19)13-22-24-21/h1,5-10,12-13,20,23H,3-4,11,14-15H2,(H,22,24). The summed E-state index contributed by atoms with van der Waals surface area (Å²) in [6, 6.07) is 15.2. The third kappa shape index (κ3) is 3.67. The van der Waals surface area contributed by atoms with Crippen molar-refractivity contribution in [2.45, 2.75) is 25.4 Å². The Kier molecular flexibility index (Phi) is 4.41. The van der Waals surface area contributed by atoms with Crippen molar-refractivity contribution in [3.05, 3.63) is 59.8 Å². The first kappa shape index (κ1) is 15.7. The van der Waals surface area contributed by atoms with Gasteiger partial charge in [0.15, 0.2) is 0 Å². The van der Waals surface area contributed by atoms with Crippen molar-refractivity contribution in [1.82, 2.24) is 15.1 Å². The highest BCUT2D eigenvalue weighted by molar-refractivity contribution is 5.81. The van der Waals surface area contributed by atoms with Gasteiger partial charge in [-0.3, -0.25) is 10.00 Å². The normalized spacial score (nSPS) is 18.1. The maximum absolute atomic E-state index is 5.43. The Morgan fingerprint density at radius 2 is 2.12 bits per heavy atom. The molecular formula is C21H22N4. The smallest absolute Gasteiger partial charge is 0.0651 e. The summed E-state index contributed by atoms with van der Waals surface area (Å²) in [6.45, 7) is 3.18. The predicted octanol–water partition coefficient (Wildman–Crippen LogP) is 3.62. The lowest BCUT2D eigenvalue weighted by atomic mass is 10.0. The molecule has 25 heavy (non-hydrogen) atoms. The van der Waals surface area contributed by atoms with E-state index >= 15 is 0 Å². The number of piperidine rings is 1. The van der Waals surface area contributed by atoms with Crippen molar-refractivity contribution in [3.63, 3.8) is 0 Å². The number of hydrogen-bond acceptors (Lipinski definition) is 3. The molecule has 2 aromatic carbocycles. The monoisotopic (exact) mass is 330 g/mol. The minimum absolute atomic E-state index is 0.475. The van der Waals surface area contributed by atoms with Crippen LogP contribution in [-0.2, 0) is 6.54 Å². The van der Waals surface area contributed by atoms with Gasteiger partial charge in [0, 0.05) is 35.8 Å². The van der Waals surface area contributed by atoms with Gasteiger partial charge in [-0.15, -0.1) is 6.42 Å². The molecule has 4 nitrogen and oxygen atoms in total. The summed E-state index contributed by atoms with van der Waals surface area (Å²) in [5, 5.41) is 11.9. The van der Waals surface area contributed by atoms with Crippen molar-refractivity contribution >= 4 is 16.6 Å². The molecular weight excluding hydrogens is 308 g/mol. The van der Waals surface area contributed by atoms with Gasteiger partial charge in [-0.1, -0.05) is 18.1 Å². The summed E-state index contributed by atoms with van der Waals surface area (Å²) in [6.07, 6.45) is 9.72. The molecule has 0 saturated carbocycles. The molecule has 2 N–H and O–H groups in total. The van der Waals surface area contributed by atoms with Gasteiger partial charge < -0.3 is 5.32 Å². The zero-order valence-corrected chi connectivity index (χ0v) is 14.2. The molecule has 1 saturated heterocycles. The van der Waals surface area contributed by atoms with E-state index < -0.39 is 0 Å². The van der Waals surface area contributed by atoms with E-state index in [4.69, 9.17) is 6.42 Å². The first-order valence-corrected chi connectivity index (χ1v) is 8.78. The molecule has 0 bridgehead atoms. The average Bonchev–Trinajstić information content (AvgIpc) is 3.10. The number of nitrogens with zero attached hydrogens (tertiary/aromatic N) is 2. The highest BCUT2D eigenvalue weighted by Gasteiger charge is 2.20. The Bertz CT molecular complexity index is 888. The van der Waals surface area contributed by atoms with Gasteiger partial charge in [0.1, 0.15) is 0 Å². The van der Waals surface area contributed by atoms with Crippen LogP contribution in [0.4, 0.5) is 5.69 Å². The molecule has 1 fully saturated rings. The molecule has 2 heterocycles. The van der Waals surface area contributed by atoms with Crippen LogP contribution in [0, 0.1) is 12.3 Å². The molecule has 4 rings (SSSR count). The lowest BCUT2D eigenvalue weighted by Gasteiger charge is -2.33. The van der Waals surface area contributed by atoms with Crippen LogP contribution in [0.2, 0.25) is 0 Å². The SMILES string of the molecule is C#Cc1ccc(CN2CCCC(Nc3ccc4[nH]ncc4c3)C2)cc1. The van der Waals surface area contributed by atoms with Gasteiger partial charge in [0.25, 0.3) is 0 Å². The first-order chi connectivity index (χ1) is 12.3. The van der Waals surface area contributed by atoms with Crippen LogP contribution in [0.15, 0.2) is 48.7 Å². The second-order valence-electron chi connectivity index (χ2n) is 6.73. The molecule has 1 aliphatic heterocycles. The second kappa shape index (κ2) is 7.00. The molecule has 1 atom stereocenters. The largest absolute Gasteiger partial charge is 0.381 e. The number of H-pyrrole nitrogens is 1. The molecule has 3 aromatic rings. The number of hydrogen-bond donors (Lipinski definition) is 2. The highest BCUT2D eigenvalue weighted by Crippen LogP contribution is 2.21. The van der Waals surface area contributed by atoms with Crippen LogP contribution in [0.3, 0.4) is 0 Å². The Hall–Kier alpha value is -2.77. The minimum Gasteiger partial charge on any atom is -0.381 e. The Labute approximate surface area is 148 Å². The van der Waals surface area contributed by atoms with Crippen LogP contribution in [0.1, 0.15) is 24.0 Å². The van der Waals surface area contributed by atoms with Crippen LogP contribution in [-0.4, -0.2) is 34.2 Å². The molecule has 0 radical (unpaired) electrons. The number of likely N-dealkylation sites (tertiary alicyclic amines) is 1. The van der Waals surface area contributed by atoms with Crippen molar-refractivity contribution in [1.29, 1.82) is 0 Å². The number of benzene rings is 2. The van der Waals surface area contributed by atoms with Crippen LogP contribution >= 0.6 is 0 Å². The lowest BCUT2D eigenvalue weighted by Crippen LogP contribution is -2.41. The number of anilines is 1. The first-order valence-electron chi connectivity index (χ1n) is 8.78. The van der Waals surface area contributed by atoms with Gasteiger partial charge in [0.05, 0.1) is 11.7 Å². The van der Waals surface area contributed by atoms with Crippen molar-refractivity contribution in [2.24, 2.45) is 0 Å². The third-order valence-electron chi connectivity index (χ3n) is 4.84. The maximum atomic E-state index is 5.43. The number of nitrogens with one attached hydrogen (secondary N) is 2. The van der Waals surface area contributed by atoms with Gasteiger partial charge >= 0.3 is 0 Å². The van der Waals surface area contributed by atoms with Crippen molar-refractivity contribution in [2.75, 3.05) is 18.4 Å². The number of rotatable bonds is 4. The topological polar surface area (TPSA) is 44.0 Å². The second-order valence-corrected chi connectivity index (χ2v) is 6.73. The van der Waals surface area contributed by atoms with Crippen molar-refractivity contribution < 1.29 is 0 Å². The molecule has 0 spiro atoms. The fourth-order valence-corrected chi connectivity index (χ4v) is 3.55. The fraction of sp³-hybridized carbons (Fsp3) is 0.286. The molecule has 126 valence electrons. The van der Waals surface area contributed by atoms with E-state index in [1.165, 1.54) is 24.1 Å². The van der Waals surface area contributed by atoms with Crippen LogP contribution in [0.25, 0.3) is 10.9 Å². The third-order valence-corrected chi connectivity index (χ3v) is 4.84. The lowest BCUT2D eigenvalue weighted by molar-refractivity contribution is 0.208. The molecule has 1 unspecified atom stereocenters. The Morgan fingerprint density at radius 3 is 2.96 bits per heavy atom. The van der Waals surface area contributed by atoms with E-state index in [1.54, 1.807) is 0 Å². The van der Waals surface area contributed by atoms with E-state index in [1.807, 2.05) is 18.3 Å².